The van der Waals surface area contributed by atoms with Gasteiger partial charge in [0.2, 0.25) is 11.8 Å². The van der Waals surface area contributed by atoms with E-state index in [4.69, 9.17) is 0 Å². The van der Waals surface area contributed by atoms with Crippen LogP contribution in [0.15, 0.2) is 30.3 Å². The van der Waals surface area contributed by atoms with Gasteiger partial charge in [-0.1, -0.05) is 37.3 Å². The molecule has 4 atom stereocenters. The molecule has 4 heteroatoms. The molecular formula is C17H20N2O2. The fourth-order valence-corrected chi connectivity index (χ4v) is 3.45. The third kappa shape index (κ3) is 2.13. The average Bonchev–Trinajstić information content (AvgIpc) is 3.38. The molecule has 1 saturated heterocycles. The summed E-state index contributed by atoms with van der Waals surface area (Å²) in [6.07, 6.45) is 3.13. The lowest BCUT2D eigenvalue weighted by atomic mass is 9.97. The Kier molecular flexibility index (Phi) is 2.81. The van der Waals surface area contributed by atoms with E-state index < -0.39 is 6.04 Å². The Hall–Kier alpha value is -1.84. The molecule has 1 aliphatic heterocycles. The quantitative estimate of drug-likeness (QED) is 0.921. The number of hydrogen-bond donors (Lipinski definition) is 1. The Morgan fingerprint density at radius 1 is 1.14 bits per heavy atom. The topological polar surface area (TPSA) is 49.4 Å². The smallest absolute Gasteiger partial charge is 0.248 e. The van der Waals surface area contributed by atoms with Gasteiger partial charge in [-0.25, -0.2) is 0 Å². The first-order chi connectivity index (χ1) is 10.2. The molecule has 4 nitrogen and oxygen atoms in total. The van der Waals surface area contributed by atoms with Crippen LogP contribution in [0.25, 0.3) is 0 Å². The first-order valence-corrected chi connectivity index (χ1v) is 7.84. The zero-order valence-electron chi connectivity index (χ0n) is 12.2. The van der Waals surface area contributed by atoms with Crippen LogP contribution in [0.1, 0.15) is 37.8 Å². The number of amides is 2. The summed E-state index contributed by atoms with van der Waals surface area (Å²) in [5.74, 6) is 0.970. The second-order valence-electron chi connectivity index (χ2n) is 6.66. The van der Waals surface area contributed by atoms with Gasteiger partial charge in [-0.15, -0.1) is 0 Å². The first kappa shape index (κ1) is 12.9. The SMILES string of the molecule is CC1CC1N1C(=O)C(C2CC2)NC(=O)C1c1ccccc1. The number of carbonyl (C=O) groups is 2. The van der Waals surface area contributed by atoms with Crippen molar-refractivity contribution in [2.45, 2.75) is 44.3 Å². The van der Waals surface area contributed by atoms with Crippen LogP contribution in [0.2, 0.25) is 0 Å². The van der Waals surface area contributed by atoms with E-state index in [1.807, 2.05) is 35.2 Å². The maximum absolute atomic E-state index is 12.9. The number of benzene rings is 1. The summed E-state index contributed by atoms with van der Waals surface area (Å²) in [4.78, 5) is 27.4. The second kappa shape index (κ2) is 4.58. The predicted molar refractivity (Wildman–Crippen MR) is 78.3 cm³/mol. The van der Waals surface area contributed by atoms with Gasteiger partial charge in [0.05, 0.1) is 0 Å². The minimum absolute atomic E-state index is 0.0169. The summed E-state index contributed by atoms with van der Waals surface area (Å²) in [6.45, 7) is 2.15. The van der Waals surface area contributed by atoms with Crippen molar-refractivity contribution >= 4 is 11.8 Å². The van der Waals surface area contributed by atoms with Gasteiger partial charge in [-0.05, 0) is 36.7 Å². The molecular weight excluding hydrogens is 264 g/mol. The Labute approximate surface area is 124 Å². The van der Waals surface area contributed by atoms with Gasteiger partial charge in [-0.3, -0.25) is 9.59 Å². The standard InChI is InChI=1S/C17H20N2O2/c1-10-9-13(10)19-15(12-5-3-2-4-6-12)16(20)18-14(17(19)21)11-7-8-11/h2-6,10-11,13-15H,7-9H2,1H3,(H,18,20). The van der Waals surface area contributed by atoms with Crippen molar-refractivity contribution in [3.63, 3.8) is 0 Å². The molecule has 0 aromatic heterocycles. The zero-order chi connectivity index (χ0) is 14.6. The van der Waals surface area contributed by atoms with Crippen molar-refractivity contribution in [3.05, 3.63) is 35.9 Å². The third-order valence-corrected chi connectivity index (χ3v) is 4.98. The van der Waals surface area contributed by atoms with Crippen LogP contribution >= 0.6 is 0 Å². The lowest BCUT2D eigenvalue weighted by Gasteiger charge is -2.40. The van der Waals surface area contributed by atoms with Crippen molar-refractivity contribution in [1.82, 2.24) is 10.2 Å². The molecule has 2 saturated carbocycles. The minimum atomic E-state index is -0.455. The van der Waals surface area contributed by atoms with E-state index in [0.29, 0.717) is 11.8 Å². The zero-order valence-corrected chi connectivity index (χ0v) is 12.2. The van der Waals surface area contributed by atoms with Gasteiger partial charge < -0.3 is 10.2 Å². The van der Waals surface area contributed by atoms with Crippen LogP contribution in [0.5, 0.6) is 0 Å². The molecule has 4 unspecified atom stereocenters. The lowest BCUT2D eigenvalue weighted by molar-refractivity contribution is -0.151. The molecule has 1 aromatic rings. The van der Waals surface area contributed by atoms with Gasteiger partial charge in [0.1, 0.15) is 12.1 Å². The number of hydrogen-bond acceptors (Lipinski definition) is 2. The van der Waals surface area contributed by atoms with Crippen LogP contribution in [-0.4, -0.2) is 28.8 Å². The van der Waals surface area contributed by atoms with E-state index >= 15 is 0 Å². The molecule has 0 spiro atoms. The highest BCUT2D eigenvalue weighted by atomic mass is 16.2. The van der Waals surface area contributed by atoms with Crippen LogP contribution in [0, 0.1) is 11.8 Å². The molecule has 0 bridgehead atoms. The summed E-state index contributed by atoms with van der Waals surface area (Å²) >= 11 is 0. The number of nitrogens with one attached hydrogen (secondary N) is 1. The van der Waals surface area contributed by atoms with Crippen LogP contribution < -0.4 is 5.32 Å². The first-order valence-electron chi connectivity index (χ1n) is 7.84. The largest absolute Gasteiger partial charge is 0.342 e. The van der Waals surface area contributed by atoms with E-state index in [1.165, 1.54) is 0 Å². The number of nitrogens with zero attached hydrogens (tertiary/aromatic N) is 1. The summed E-state index contributed by atoms with van der Waals surface area (Å²) in [5, 5.41) is 2.97. The van der Waals surface area contributed by atoms with Crippen LogP contribution in [-0.2, 0) is 9.59 Å². The molecule has 1 N–H and O–H groups in total. The Morgan fingerprint density at radius 2 is 1.81 bits per heavy atom. The monoisotopic (exact) mass is 284 g/mol. The van der Waals surface area contributed by atoms with Crippen LogP contribution in [0.4, 0.5) is 0 Å². The van der Waals surface area contributed by atoms with Crippen molar-refractivity contribution < 1.29 is 9.59 Å². The van der Waals surface area contributed by atoms with Crippen molar-refractivity contribution in [2.24, 2.45) is 11.8 Å². The van der Waals surface area contributed by atoms with Gasteiger partial charge in [0.15, 0.2) is 0 Å². The minimum Gasteiger partial charge on any atom is -0.342 e. The molecule has 3 aliphatic rings. The van der Waals surface area contributed by atoms with E-state index in [1.54, 1.807) is 0 Å². The maximum atomic E-state index is 12.9. The average molecular weight is 284 g/mol. The lowest BCUT2D eigenvalue weighted by Crippen LogP contribution is -2.61. The van der Waals surface area contributed by atoms with Gasteiger partial charge in [0, 0.05) is 6.04 Å². The highest BCUT2D eigenvalue weighted by molar-refractivity contribution is 5.98. The summed E-state index contributed by atoms with van der Waals surface area (Å²) in [6, 6.07) is 9.15. The third-order valence-electron chi connectivity index (χ3n) is 4.98. The van der Waals surface area contributed by atoms with Gasteiger partial charge in [-0.2, -0.15) is 0 Å². The molecule has 2 amide bonds. The number of carbonyl (C=O) groups excluding carboxylic acids is 2. The normalized spacial score (nSPS) is 35.6. The molecule has 21 heavy (non-hydrogen) atoms. The molecule has 1 aromatic carbocycles. The molecule has 110 valence electrons. The Balaban J connectivity index is 1.70. The highest BCUT2D eigenvalue weighted by Crippen LogP contribution is 2.44. The molecule has 4 rings (SSSR count). The van der Waals surface area contributed by atoms with E-state index in [2.05, 4.69) is 12.2 Å². The molecule has 2 aliphatic carbocycles. The number of piperazine rings is 1. The van der Waals surface area contributed by atoms with Gasteiger partial charge in [0.25, 0.3) is 0 Å². The fourth-order valence-electron chi connectivity index (χ4n) is 3.45. The maximum Gasteiger partial charge on any atom is 0.248 e. The van der Waals surface area contributed by atoms with Crippen molar-refractivity contribution in [1.29, 1.82) is 0 Å². The second-order valence-corrected chi connectivity index (χ2v) is 6.66. The summed E-state index contributed by atoms with van der Waals surface area (Å²) in [5.41, 5.74) is 0.914. The fraction of sp³-hybridized carbons (Fsp3) is 0.529. The van der Waals surface area contributed by atoms with Crippen molar-refractivity contribution in [2.75, 3.05) is 0 Å². The van der Waals surface area contributed by atoms with Crippen LogP contribution in [0.3, 0.4) is 0 Å². The summed E-state index contributed by atoms with van der Waals surface area (Å²) in [7, 11) is 0. The molecule has 3 fully saturated rings. The van der Waals surface area contributed by atoms with E-state index in [-0.39, 0.29) is 23.9 Å². The molecule has 0 radical (unpaired) electrons. The number of rotatable bonds is 3. The Morgan fingerprint density at radius 3 is 2.38 bits per heavy atom. The van der Waals surface area contributed by atoms with Gasteiger partial charge >= 0.3 is 0 Å². The van der Waals surface area contributed by atoms with E-state index in [9.17, 15) is 9.59 Å². The summed E-state index contributed by atoms with van der Waals surface area (Å²) < 4.78 is 0. The van der Waals surface area contributed by atoms with E-state index in [0.717, 1.165) is 24.8 Å². The molecule has 1 heterocycles. The highest BCUT2D eigenvalue weighted by Gasteiger charge is 2.53. The van der Waals surface area contributed by atoms with Crippen molar-refractivity contribution in [3.8, 4) is 0 Å². The Bertz CT molecular complexity index is 582. The predicted octanol–water partition coefficient (Wildman–Crippen LogP) is 1.87.